The molecule has 2 aliphatic heterocycles. The Bertz CT molecular complexity index is 558. The number of nitrogens with one attached hydrogen (secondary N) is 2. The Kier molecular flexibility index (Phi) is 6.61. The SMILES string of the molecule is CC1CCCCC1NC(=NCC1CCS(=O)(=O)C1)NCC1CCCO1. The van der Waals surface area contributed by atoms with E-state index in [9.17, 15) is 8.42 Å². The summed E-state index contributed by atoms with van der Waals surface area (Å²) in [5.74, 6) is 2.25. The van der Waals surface area contributed by atoms with E-state index >= 15 is 0 Å². The van der Waals surface area contributed by atoms with Crippen LogP contribution in [-0.2, 0) is 14.6 Å². The normalized spacial score (nSPS) is 35.6. The highest BCUT2D eigenvalue weighted by molar-refractivity contribution is 7.91. The second kappa shape index (κ2) is 8.71. The molecule has 25 heavy (non-hydrogen) atoms. The van der Waals surface area contributed by atoms with Gasteiger partial charge in [-0.25, -0.2) is 8.42 Å². The van der Waals surface area contributed by atoms with Gasteiger partial charge in [-0.05, 0) is 43.9 Å². The molecule has 6 nitrogen and oxygen atoms in total. The summed E-state index contributed by atoms with van der Waals surface area (Å²) >= 11 is 0. The number of rotatable bonds is 5. The molecule has 0 aromatic rings. The van der Waals surface area contributed by atoms with Crippen LogP contribution in [0.15, 0.2) is 4.99 Å². The van der Waals surface area contributed by atoms with Crippen molar-refractivity contribution in [3.8, 4) is 0 Å². The highest BCUT2D eigenvalue weighted by atomic mass is 32.2. The molecule has 4 atom stereocenters. The first-order valence-electron chi connectivity index (χ1n) is 9.89. The average molecular weight is 372 g/mol. The van der Waals surface area contributed by atoms with Gasteiger partial charge in [-0.3, -0.25) is 4.99 Å². The first-order valence-corrected chi connectivity index (χ1v) is 11.7. The van der Waals surface area contributed by atoms with Gasteiger partial charge in [-0.15, -0.1) is 0 Å². The van der Waals surface area contributed by atoms with Crippen molar-refractivity contribution in [2.24, 2.45) is 16.8 Å². The van der Waals surface area contributed by atoms with Gasteiger partial charge in [0.15, 0.2) is 15.8 Å². The maximum Gasteiger partial charge on any atom is 0.191 e. The summed E-state index contributed by atoms with van der Waals surface area (Å²) in [5.41, 5.74) is 0. The summed E-state index contributed by atoms with van der Waals surface area (Å²) in [4.78, 5) is 4.74. The Morgan fingerprint density at radius 2 is 2.00 bits per heavy atom. The molecule has 2 N–H and O–H groups in total. The topological polar surface area (TPSA) is 79.8 Å². The number of guanidine groups is 1. The van der Waals surface area contributed by atoms with Crippen molar-refractivity contribution < 1.29 is 13.2 Å². The molecule has 0 radical (unpaired) electrons. The van der Waals surface area contributed by atoms with Crippen LogP contribution in [0, 0.1) is 11.8 Å². The molecule has 0 aromatic heterocycles. The average Bonchev–Trinajstić information content (AvgIpc) is 3.21. The first kappa shape index (κ1) is 19.0. The van der Waals surface area contributed by atoms with Gasteiger partial charge >= 0.3 is 0 Å². The molecular formula is C18H33N3O3S. The van der Waals surface area contributed by atoms with Gasteiger partial charge < -0.3 is 15.4 Å². The van der Waals surface area contributed by atoms with Gasteiger partial charge in [-0.2, -0.15) is 0 Å². The largest absolute Gasteiger partial charge is 0.376 e. The van der Waals surface area contributed by atoms with Crippen molar-refractivity contribution >= 4 is 15.8 Å². The Balaban J connectivity index is 1.57. The van der Waals surface area contributed by atoms with Crippen LogP contribution in [0.1, 0.15) is 51.9 Å². The lowest BCUT2D eigenvalue weighted by molar-refractivity contribution is 0.113. The zero-order valence-corrected chi connectivity index (χ0v) is 16.2. The standard InChI is InChI=1S/C18H33N3O3S/c1-14-5-2-3-7-17(14)21-18(20-12-16-6-4-9-24-16)19-11-15-8-10-25(22,23)13-15/h14-17H,2-13H2,1H3,(H2,19,20,21). The van der Waals surface area contributed by atoms with Gasteiger partial charge in [0.05, 0.1) is 17.6 Å². The summed E-state index contributed by atoms with van der Waals surface area (Å²) in [5, 5.41) is 7.05. The molecule has 1 aliphatic carbocycles. The molecule has 0 bridgehead atoms. The van der Waals surface area contributed by atoms with Crippen LogP contribution in [-0.4, -0.2) is 57.7 Å². The smallest absolute Gasteiger partial charge is 0.191 e. The van der Waals surface area contributed by atoms with E-state index in [1.165, 1.54) is 25.7 Å². The minimum atomic E-state index is -2.83. The fourth-order valence-electron chi connectivity index (χ4n) is 4.11. The molecule has 2 saturated heterocycles. The molecule has 4 unspecified atom stereocenters. The Hall–Kier alpha value is -0.820. The zero-order chi connectivity index (χ0) is 17.7. The first-order chi connectivity index (χ1) is 12.0. The van der Waals surface area contributed by atoms with E-state index in [2.05, 4.69) is 17.6 Å². The molecule has 3 rings (SSSR count). The highest BCUT2D eigenvalue weighted by Gasteiger charge is 2.28. The van der Waals surface area contributed by atoms with Crippen molar-refractivity contribution in [2.75, 3.05) is 31.2 Å². The third kappa shape index (κ3) is 5.84. The van der Waals surface area contributed by atoms with Gasteiger partial charge in [0.25, 0.3) is 0 Å². The van der Waals surface area contributed by atoms with E-state index in [0.29, 0.717) is 24.3 Å². The third-order valence-corrected chi connectivity index (χ3v) is 7.63. The lowest BCUT2D eigenvalue weighted by Crippen LogP contribution is -2.49. The van der Waals surface area contributed by atoms with Crippen molar-refractivity contribution in [2.45, 2.75) is 64.0 Å². The highest BCUT2D eigenvalue weighted by Crippen LogP contribution is 2.24. The third-order valence-electron chi connectivity index (χ3n) is 5.79. The Labute approximate surface area is 152 Å². The van der Waals surface area contributed by atoms with Gasteiger partial charge in [0.1, 0.15) is 0 Å². The molecule has 0 amide bonds. The van der Waals surface area contributed by atoms with Crippen molar-refractivity contribution in [1.82, 2.24) is 10.6 Å². The van der Waals surface area contributed by atoms with E-state index in [4.69, 9.17) is 9.73 Å². The number of hydrogen-bond acceptors (Lipinski definition) is 4. The number of hydrogen-bond donors (Lipinski definition) is 2. The summed E-state index contributed by atoms with van der Waals surface area (Å²) < 4.78 is 29.0. The predicted molar refractivity (Wildman–Crippen MR) is 101 cm³/mol. The summed E-state index contributed by atoms with van der Waals surface area (Å²) in [7, 11) is -2.83. The van der Waals surface area contributed by atoms with Gasteiger partial charge in [0, 0.05) is 25.7 Å². The Morgan fingerprint density at radius 1 is 1.16 bits per heavy atom. The summed E-state index contributed by atoms with van der Waals surface area (Å²) in [6.45, 7) is 4.51. The quantitative estimate of drug-likeness (QED) is 0.568. The molecule has 0 spiro atoms. The van der Waals surface area contributed by atoms with Crippen LogP contribution in [0.25, 0.3) is 0 Å². The van der Waals surface area contributed by atoms with Gasteiger partial charge in [0.2, 0.25) is 0 Å². The monoisotopic (exact) mass is 371 g/mol. The van der Waals surface area contributed by atoms with E-state index in [0.717, 1.165) is 38.4 Å². The van der Waals surface area contributed by atoms with Gasteiger partial charge in [-0.1, -0.05) is 19.8 Å². The van der Waals surface area contributed by atoms with Crippen molar-refractivity contribution in [3.05, 3.63) is 0 Å². The molecule has 144 valence electrons. The van der Waals surface area contributed by atoms with Crippen LogP contribution in [0.2, 0.25) is 0 Å². The Morgan fingerprint density at radius 3 is 2.68 bits per heavy atom. The lowest BCUT2D eigenvalue weighted by Gasteiger charge is -2.31. The molecular weight excluding hydrogens is 338 g/mol. The van der Waals surface area contributed by atoms with Crippen LogP contribution in [0.3, 0.4) is 0 Å². The minimum absolute atomic E-state index is 0.162. The number of ether oxygens (including phenoxy) is 1. The fraction of sp³-hybridized carbons (Fsp3) is 0.944. The summed E-state index contributed by atoms with van der Waals surface area (Å²) in [6, 6.07) is 0.455. The minimum Gasteiger partial charge on any atom is -0.376 e. The van der Waals surface area contributed by atoms with Crippen LogP contribution >= 0.6 is 0 Å². The molecule has 7 heteroatoms. The van der Waals surface area contributed by atoms with E-state index in [1.807, 2.05) is 0 Å². The van der Waals surface area contributed by atoms with E-state index in [1.54, 1.807) is 0 Å². The van der Waals surface area contributed by atoms with E-state index in [-0.39, 0.29) is 17.8 Å². The lowest BCUT2D eigenvalue weighted by atomic mass is 9.86. The second-order valence-corrected chi connectivity index (χ2v) is 10.2. The molecule has 0 aromatic carbocycles. The van der Waals surface area contributed by atoms with Crippen LogP contribution < -0.4 is 10.6 Å². The fourth-order valence-corrected chi connectivity index (χ4v) is 5.96. The summed E-state index contributed by atoms with van der Waals surface area (Å²) in [6.07, 6.45) is 8.26. The van der Waals surface area contributed by atoms with Crippen molar-refractivity contribution in [3.63, 3.8) is 0 Å². The van der Waals surface area contributed by atoms with E-state index < -0.39 is 9.84 Å². The number of nitrogens with zero attached hydrogens (tertiary/aromatic N) is 1. The zero-order valence-electron chi connectivity index (χ0n) is 15.4. The maximum atomic E-state index is 11.6. The molecule has 1 saturated carbocycles. The van der Waals surface area contributed by atoms with Crippen LogP contribution in [0.5, 0.6) is 0 Å². The maximum absolute atomic E-state index is 11.6. The van der Waals surface area contributed by atoms with Crippen LogP contribution in [0.4, 0.5) is 0 Å². The molecule has 3 aliphatic rings. The predicted octanol–water partition coefficient (Wildman–Crippen LogP) is 1.71. The second-order valence-electron chi connectivity index (χ2n) is 7.99. The molecule has 2 heterocycles. The number of aliphatic imine (C=N–C) groups is 1. The number of sulfone groups is 1. The van der Waals surface area contributed by atoms with Crippen molar-refractivity contribution in [1.29, 1.82) is 0 Å². The molecule has 3 fully saturated rings.